The molecule has 0 spiro atoms. The number of aromatic nitrogens is 1. The van der Waals surface area contributed by atoms with Gasteiger partial charge in [0, 0.05) is 11.8 Å². The number of anilines is 1. The Kier molecular flexibility index (Phi) is 3.74. The van der Waals surface area contributed by atoms with Crippen molar-refractivity contribution in [1.29, 1.82) is 0 Å². The van der Waals surface area contributed by atoms with Crippen LogP contribution >= 0.6 is 0 Å². The van der Waals surface area contributed by atoms with Crippen LogP contribution in [0.25, 0.3) is 0 Å². The van der Waals surface area contributed by atoms with Gasteiger partial charge in [-0.25, -0.2) is 4.98 Å². The number of hydrogen-bond acceptors (Lipinski definition) is 4. The minimum absolute atomic E-state index is 0.278. The smallest absolute Gasteiger partial charge is 0.260 e. The molecule has 0 bridgehead atoms. The maximum Gasteiger partial charge on any atom is 0.260 e. The SMILES string of the molecule is NCC#Cc1ccnc(NC(=O)c2ccoc2)c1. The number of carbonyl (C=O) groups is 1. The lowest BCUT2D eigenvalue weighted by atomic mass is 10.2. The van der Waals surface area contributed by atoms with Crippen LogP contribution in [0.15, 0.2) is 41.3 Å². The Labute approximate surface area is 104 Å². The third-order valence-corrected chi connectivity index (χ3v) is 2.12. The first-order valence-electron chi connectivity index (χ1n) is 5.28. The molecule has 0 fully saturated rings. The van der Waals surface area contributed by atoms with Crippen LogP contribution in [0.4, 0.5) is 5.82 Å². The van der Waals surface area contributed by atoms with Gasteiger partial charge < -0.3 is 15.5 Å². The van der Waals surface area contributed by atoms with E-state index >= 15 is 0 Å². The van der Waals surface area contributed by atoms with Crippen molar-refractivity contribution in [3.05, 3.63) is 48.0 Å². The standard InChI is InChI=1S/C13H11N3O2/c14-5-1-2-10-3-6-15-12(8-10)16-13(17)11-4-7-18-9-11/h3-4,6-9H,5,14H2,(H,15,16,17). The molecule has 2 aromatic heterocycles. The Hall–Kier alpha value is -2.58. The zero-order valence-corrected chi connectivity index (χ0v) is 9.51. The Bertz CT molecular complexity index is 594. The van der Waals surface area contributed by atoms with Gasteiger partial charge in [0.1, 0.15) is 12.1 Å². The maximum atomic E-state index is 11.7. The molecule has 3 N–H and O–H groups in total. The summed E-state index contributed by atoms with van der Waals surface area (Å²) in [5, 5.41) is 2.65. The number of rotatable bonds is 2. The van der Waals surface area contributed by atoms with Crippen molar-refractivity contribution in [2.45, 2.75) is 0 Å². The van der Waals surface area contributed by atoms with Gasteiger partial charge in [-0.3, -0.25) is 4.79 Å². The molecule has 0 aromatic carbocycles. The second kappa shape index (κ2) is 5.66. The molecular formula is C13H11N3O2. The van der Waals surface area contributed by atoms with E-state index in [2.05, 4.69) is 22.1 Å². The number of hydrogen-bond donors (Lipinski definition) is 2. The predicted molar refractivity (Wildman–Crippen MR) is 66.8 cm³/mol. The summed E-state index contributed by atoms with van der Waals surface area (Å²) in [7, 11) is 0. The van der Waals surface area contributed by atoms with Crippen LogP contribution in [0.1, 0.15) is 15.9 Å². The molecular weight excluding hydrogens is 230 g/mol. The molecule has 1 amide bonds. The molecule has 0 aliphatic rings. The van der Waals surface area contributed by atoms with Crippen molar-refractivity contribution in [3.8, 4) is 11.8 Å². The third kappa shape index (κ3) is 2.97. The minimum Gasteiger partial charge on any atom is -0.472 e. The monoisotopic (exact) mass is 241 g/mol. The van der Waals surface area contributed by atoms with Crippen molar-refractivity contribution < 1.29 is 9.21 Å². The highest BCUT2D eigenvalue weighted by Crippen LogP contribution is 2.08. The molecule has 0 radical (unpaired) electrons. The van der Waals surface area contributed by atoms with Crippen molar-refractivity contribution in [2.24, 2.45) is 5.73 Å². The first kappa shape index (κ1) is 11.9. The molecule has 0 saturated heterocycles. The van der Waals surface area contributed by atoms with E-state index in [9.17, 15) is 4.79 Å². The van der Waals surface area contributed by atoms with Crippen LogP contribution < -0.4 is 11.1 Å². The Morgan fingerprint density at radius 3 is 3.11 bits per heavy atom. The minimum atomic E-state index is -0.278. The van der Waals surface area contributed by atoms with E-state index in [1.165, 1.54) is 12.5 Å². The van der Waals surface area contributed by atoms with Crippen LogP contribution in [-0.2, 0) is 0 Å². The quantitative estimate of drug-likeness (QED) is 0.775. The summed E-state index contributed by atoms with van der Waals surface area (Å²) in [6.07, 6.45) is 4.38. The van der Waals surface area contributed by atoms with E-state index < -0.39 is 0 Å². The molecule has 0 unspecified atom stereocenters. The van der Waals surface area contributed by atoms with Gasteiger partial charge in [-0.2, -0.15) is 0 Å². The molecule has 2 aromatic rings. The van der Waals surface area contributed by atoms with Crippen molar-refractivity contribution in [1.82, 2.24) is 4.98 Å². The van der Waals surface area contributed by atoms with E-state index in [-0.39, 0.29) is 5.91 Å². The van der Waals surface area contributed by atoms with Crippen LogP contribution in [0, 0.1) is 11.8 Å². The average molecular weight is 241 g/mol. The molecule has 2 heterocycles. The van der Waals surface area contributed by atoms with Crippen LogP contribution in [-0.4, -0.2) is 17.4 Å². The van der Waals surface area contributed by atoms with Crippen molar-refractivity contribution >= 4 is 11.7 Å². The summed E-state index contributed by atoms with van der Waals surface area (Å²) in [4.78, 5) is 15.8. The first-order chi connectivity index (χ1) is 8.79. The topological polar surface area (TPSA) is 81.1 Å². The van der Waals surface area contributed by atoms with Gasteiger partial charge >= 0.3 is 0 Å². The van der Waals surface area contributed by atoms with Crippen molar-refractivity contribution in [3.63, 3.8) is 0 Å². The van der Waals surface area contributed by atoms with Gasteiger partial charge in [0.25, 0.3) is 5.91 Å². The fraction of sp³-hybridized carbons (Fsp3) is 0.0769. The van der Waals surface area contributed by atoms with Gasteiger partial charge in [-0.1, -0.05) is 11.8 Å². The highest BCUT2D eigenvalue weighted by Gasteiger charge is 2.07. The fourth-order valence-electron chi connectivity index (χ4n) is 1.31. The maximum absolute atomic E-state index is 11.7. The van der Waals surface area contributed by atoms with Gasteiger partial charge in [0.15, 0.2) is 0 Å². The van der Waals surface area contributed by atoms with Crippen LogP contribution in [0.3, 0.4) is 0 Å². The van der Waals surface area contributed by atoms with Crippen LogP contribution in [0.2, 0.25) is 0 Å². The fourth-order valence-corrected chi connectivity index (χ4v) is 1.31. The highest BCUT2D eigenvalue weighted by molar-refractivity contribution is 6.03. The van der Waals surface area contributed by atoms with E-state index in [4.69, 9.17) is 10.2 Å². The van der Waals surface area contributed by atoms with Gasteiger partial charge in [-0.05, 0) is 18.2 Å². The van der Waals surface area contributed by atoms with E-state index in [0.29, 0.717) is 17.9 Å². The lowest BCUT2D eigenvalue weighted by molar-refractivity contribution is 0.102. The summed E-state index contributed by atoms with van der Waals surface area (Å²) in [6.45, 7) is 0.291. The summed E-state index contributed by atoms with van der Waals surface area (Å²) in [5.74, 6) is 5.76. The predicted octanol–water partition coefficient (Wildman–Crippen LogP) is 1.24. The number of pyridine rings is 1. The molecule has 5 heteroatoms. The molecule has 0 saturated carbocycles. The van der Waals surface area contributed by atoms with E-state index in [0.717, 1.165) is 5.56 Å². The average Bonchev–Trinajstić information content (AvgIpc) is 2.91. The second-order valence-corrected chi connectivity index (χ2v) is 3.40. The number of furan rings is 1. The number of nitrogens with one attached hydrogen (secondary N) is 1. The van der Waals surface area contributed by atoms with Gasteiger partial charge in [0.2, 0.25) is 0 Å². The normalized spacial score (nSPS) is 9.39. The molecule has 2 rings (SSSR count). The number of nitrogens with zero attached hydrogens (tertiary/aromatic N) is 1. The summed E-state index contributed by atoms with van der Waals surface area (Å²) >= 11 is 0. The molecule has 18 heavy (non-hydrogen) atoms. The summed E-state index contributed by atoms with van der Waals surface area (Å²) in [6, 6.07) is 5.00. The lowest BCUT2D eigenvalue weighted by Gasteiger charge is -2.02. The zero-order chi connectivity index (χ0) is 12.8. The number of nitrogens with two attached hydrogens (primary N) is 1. The van der Waals surface area contributed by atoms with E-state index in [1.807, 2.05) is 0 Å². The van der Waals surface area contributed by atoms with E-state index in [1.54, 1.807) is 24.4 Å². The largest absolute Gasteiger partial charge is 0.472 e. The summed E-state index contributed by atoms with van der Waals surface area (Å²) < 4.78 is 4.83. The zero-order valence-electron chi connectivity index (χ0n) is 9.51. The molecule has 90 valence electrons. The number of carbonyl (C=O) groups excluding carboxylic acids is 1. The summed E-state index contributed by atoms with van der Waals surface area (Å²) in [5.41, 5.74) is 6.48. The lowest BCUT2D eigenvalue weighted by Crippen LogP contribution is -2.11. The molecule has 0 aliphatic carbocycles. The Morgan fingerprint density at radius 2 is 2.39 bits per heavy atom. The molecule has 0 atom stereocenters. The second-order valence-electron chi connectivity index (χ2n) is 3.40. The van der Waals surface area contributed by atoms with Gasteiger partial charge in [-0.15, -0.1) is 0 Å². The van der Waals surface area contributed by atoms with Crippen molar-refractivity contribution in [2.75, 3.05) is 11.9 Å². The highest BCUT2D eigenvalue weighted by atomic mass is 16.3. The Morgan fingerprint density at radius 1 is 1.50 bits per heavy atom. The number of amides is 1. The third-order valence-electron chi connectivity index (χ3n) is 2.12. The molecule has 0 aliphatic heterocycles. The van der Waals surface area contributed by atoms with Gasteiger partial charge in [0.05, 0.1) is 18.4 Å². The molecule has 5 nitrogen and oxygen atoms in total. The first-order valence-corrected chi connectivity index (χ1v) is 5.28. The Balaban J connectivity index is 2.12. The van der Waals surface area contributed by atoms with Crippen LogP contribution in [0.5, 0.6) is 0 Å².